The summed E-state index contributed by atoms with van der Waals surface area (Å²) in [6.45, 7) is 4.00. The van der Waals surface area contributed by atoms with Crippen LogP contribution in [0.2, 0.25) is 0 Å². The Bertz CT molecular complexity index is 1030. The summed E-state index contributed by atoms with van der Waals surface area (Å²) in [5, 5.41) is 2.59. The summed E-state index contributed by atoms with van der Waals surface area (Å²) in [6, 6.07) is 12.1. The smallest absolute Gasteiger partial charge is 0.270 e. The molecule has 1 atom stereocenters. The number of nitrogens with one attached hydrogen (secondary N) is 1. The van der Waals surface area contributed by atoms with Gasteiger partial charge >= 0.3 is 0 Å². The van der Waals surface area contributed by atoms with Gasteiger partial charge < -0.3 is 14.2 Å². The average Bonchev–Trinajstić information content (AvgIpc) is 2.77. The maximum absolute atomic E-state index is 13.1. The number of ether oxygens (including phenoxy) is 3. The molecule has 0 aliphatic carbocycles. The van der Waals surface area contributed by atoms with Crippen LogP contribution in [0.1, 0.15) is 25.8 Å². The van der Waals surface area contributed by atoms with Gasteiger partial charge in [-0.2, -0.15) is 0 Å². The highest BCUT2D eigenvalue weighted by Gasteiger charge is 2.34. The summed E-state index contributed by atoms with van der Waals surface area (Å²) in [5.41, 5.74) is 1.10. The van der Waals surface area contributed by atoms with E-state index in [1.54, 1.807) is 49.6 Å². The highest BCUT2D eigenvalue weighted by atomic mass is 32.1. The lowest BCUT2D eigenvalue weighted by Gasteiger charge is -2.29. The van der Waals surface area contributed by atoms with Gasteiger partial charge in [-0.15, -0.1) is 0 Å². The normalized spacial score (nSPS) is 16.2. The molecule has 1 aliphatic rings. The van der Waals surface area contributed by atoms with Crippen molar-refractivity contribution in [1.29, 1.82) is 0 Å². The molecular weight excluding hydrogens is 416 g/mol. The minimum atomic E-state index is -0.557. The minimum Gasteiger partial charge on any atom is -0.497 e. The van der Waals surface area contributed by atoms with Crippen molar-refractivity contribution in [2.75, 3.05) is 19.1 Å². The highest BCUT2D eigenvalue weighted by Crippen LogP contribution is 2.31. The Labute approximate surface area is 186 Å². The summed E-state index contributed by atoms with van der Waals surface area (Å²) >= 11 is 5.23. The maximum atomic E-state index is 13.1. The second-order valence-corrected chi connectivity index (χ2v) is 7.29. The SMILES string of the molecule is CC[C@H](C)Oc1ccc(/C=C2\C(=O)NC(=S)N(c3ccc(OC)cc3)C2=O)cc1OC. The van der Waals surface area contributed by atoms with Crippen molar-refractivity contribution in [2.24, 2.45) is 0 Å². The Morgan fingerprint density at radius 2 is 1.77 bits per heavy atom. The van der Waals surface area contributed by atoms with Gasteiger partial charge in [0, 0.05) is 0 Å². The number of thiocarbonyl (C=S) groups is 1. The molecule has 0 spiro atoms. The fourth-order valence-corrected chi connectivity index (χ4v) is 3.24. The first-order valence-electron chi connectivity index (χ1n) is 9.78. The van der Waals surface area contributed by atoms with Crippen LogP contribution in [0.3, 0.4) is 0 Å². The van der Waals surface area contributed by atoms with Crippen molar-refractivity contribution in [1.82, 2.24) is 5.32 Å². The lowest BCUT2D eigenvalue weighted by atomic mass is 10.1. The van der Waals surface area contributed by atoms with E-state index >= 15 is 0 Å². The van der Waals surface area contributed by atoms with Gasteiger partial charge in [-0.3, -0.25) is 19.8 Å². The largest absolute Gasteiger partial charge is 0.497 e. The fourth-order valence-electron chi connectivity index (χ4n) is 2.96. The van der Waals surface area contributed by atoms with E-state index in [9.17, 15) is 9.59 Å². The van der Waals surface area contributed by atoms with Crippen LogP contribution in [0.25, 0.3) is 6.08 Å². The quantitative estimate of drug-likeness (QED) is 0.402. The van der Waals surface area contributed by atoms with Crippen molar-refractivity contribution in [2.45, 2.75) is 26.4 Å². The molecule has 7 nitrogen and oxygen atoms in total. The predicted octanol–water partition coefficient (Wildman–Crippen LogP) is 3.71. The molecule has 1 fully saturated rings. The van der Waals surface area contributed by atoms with Crippen LogP contribution in [-0.2, 0) is 9.59 Å². The number of hydrogen-bond donors (Lipinski definition) is 1. The molecular formula is C23H24N2O5S. The number of carbonyl (C=O) groups is 2. The number of benzene rings is 2. The molecule has 0 unspecified atom stereocenters. The molecule has 0 bridgehead atoms. The lowest BCUT2D eigenvalue weighted by Crippen LogP contribution is -2.54. The number of carbonyl (C=O) groups excluding carboxylic acids is 2. The molecule has 1 saturated heterocycles. The van der Waals surface area contributed by atoms with E-state index in [-0.39, 0.29) is 16.8 Å². The third-order valence-corrected chi connectivity index (χ3v) is 5.12. The van der Waals surface area contributed by atoms with Gasteiger partial charge in [0.15, 0.2) is 16.6 Å². The van der Waals surface area contributed by atoms with E-state index in [0.717, 1.165) is 6.42 Å². The van der Waals surface area contributed by atoms with Crippen molar-refractivity contribution >= 4 is 40.9 Å². The summed E-state index contributed by atoms with van der Waals surface area (Å²) in [7, 11) is 3.10. The average molecular weight is 441 g/mol. The number of rotatable bonds is 7. The van der Waals surface area contributed by atoms with Gasteiger partial charge in [0.1, 0.15) is 11.3 Å². The molecule has 2 aromatic carbocycles. The summed E-state index contributed by atoms with van der Waals surface area (Å²) < 4.78 is 16.4. The van der Waals surface area contributed by atoms with Gasteiger partial charge in [0.05, 0.1) is 26.0 Å². The lowest BCUT2D eigenvalue weighted by molar-refractivity contribution is -0.122. The first-order chi connectivity index (χ1) is 14.9. The zero-order valence-corrected chi connectivity index (χ0v) is 18.6. The zero-order chi connectivity index (χ0) is 22.5. The third-order valence-electron chi connectivity index (χ3n) is 4.83. The molecule has 0 radical (unpaired) electrons. The molecule has 1 N–H and O–H groups in total. The van der Waals surface area contributed by atoms with Crippen molar-refractivity contribution in [3.63, 3.8) is 0 Å². The van der Waals surface area contributed by atoms with Gasteiger partial charge in [-0.25, -0.2) is 0 Å². The van der Waals surface area contributed by atoms with Crippen LogP contribution in [0.5, 0.6) is 17.2 Å². The van der Waals surface area contributed by atoms with Crippen molar-refractivity contribution in [3.8, 4) is 17.2 Å². The van der Waals surface area contributed by atoms with Gasteiger partial charge in [0.2, 0.25) is 0 Å². The second kappa shape index (κ2) is 9.61. The van der Waals surface area contributed by atoms with E-state index in [4.69, 9.17) is 26.4 Å². The summed E-state index contributed by atoms with van der Waals surface area (Å²) in [5.74, 6) is 0.683. The Kier molecular flexibility index (Phi) is 6.91. The minimum absolute atomic E-state index is 0.0206. The first-order valence-corrected chi connectivity index (χ1v) is 10.2. The van der Waals surface area contributed by atoms with Crippen molar-refractivity contribution in [3.05, 3.63) is 53.6 Å². The number of hydrogen-bond acceptors (Lipinski definition) is 6. The molecule has 162 valence electrons. The Morgan fingerprint density at radius 3 is 2.39 bits per heavy atom. The second-order valence-electron chi connectivity index (χ2n) is 6.90. The van der Waals surface area contributed by atoms with E-state index < -0.39 is 11.8 Å². The molecule has 1 heterocycles. The van der Waals surface area contributed by atoms with Crippen LogP contribution in [-0.4, -0.2) is 37.3 Å². The molecule has 3 rings (SSSR count). The first kappa shape index (κ1) is 22.3. The van der Waals surface area contributed by atoms with Crippen LogP contribution >= 0.6 is 12.2 Å². The Morgan fingerprint density at radius 1 is 1.06 bits per heavy atom. The van der Waals surface area contributed by atoms with E-state index in [1.165, 1.54) is 18.1 Å². The highest BCUT2D eigenvalue weighted by molar-refractivity contribution is 7.80. The molecule has 0 aromatic heterocycles. The van der Waals surface area contributed by atoms with E-state index in [2.05, 4.69) is 5.32 Å². The topological polar surface area (TPSA) is 77.1 Å². The Balaban J connectivity index is 1.93. The van der Waals surface area contributed by atoms with Crippen LogP contribution in [0.4, 0.5) is 5.69 Å². The van der Waals surface area contributed by atoms with Crippen LogP contribution < -0.4 is 24.4 Å². The number of methoxy groups -OCH3 is 2. The third kappa shape index (κ3) is 4.86. The predicted molar refractivity (Wildman–Crippen MR) is 123 cm³/mol. The molecule has 8 heteroatoms. The molecule has 0 saturated carbocycles. The van der Waals surface area contributed by atoms with Crippen molar-refractivity contribution < 1.29 is 23.8 Å². The van der Waals surface area contributed by atoms with Crippen LogP contribution in [0, 0.1) is 0 Å². The van der Waals surface area contributed by atoms with Gasteiger partial charge in [0.25, 0.3) is 11.8 Å². The van der Waals surface area contributed by atoms with Gasteiger partial charge in [-0.1, -0.05) is 13.0 Å². The zero-order valence-electron chi connectivity index (χ0n) is 17.8. The monoisotopic (exact) mass is 440 g/mol. The standard InChI is InChI=1S/C23H24N2O5S/c1-5-14(2)30-19-11-6-15(13-20(19)29-4)12-18-21(26)24-23(31)25(22(18)27)16-7-9-17(28-3)10-8-16/h6-14H,5H2,1-4H3,(H,24,26,31)/b18-12+/t14-/m0/s1. The molecule has 2 aromatic rings. The molecule has 1 aliphatic heterocycles. The number of anilines is 1. The molecule has 31 heavy (non-hydrogen) atoms. The summed E-state index contributed by atoms with van der Waals surface area (Å²) in [6.07, 6.45) is 2.39. The van der Waals surface area contributed by atoms with E-state index in [1.807, 2.05) is 13.8 Å². The van der Waals surface area contributed by atoms with Gasteiger partial charge in [-0.05, 0) is 73.6 Å². The number of nitrogens with zero attached hydrogens (tertiary/aromatic N) is 1. The maximum Gasteiger partial charge on any atom is 0.270 e. The number of amides is 2. The fraction of sp³-hybridized carbons (Fsp3) is 0.261. The van der Waals surface area contributed by atoms with E-state index in [0.29, 0.717) is 28.5 Å². The summed E-state index contributed by atoms with van der Waals surface area (Å²) in [4.78, 5) is 26.9. The Hall–Kier alpha value is -3.39. The molecule has 2 amide bonds. The van der Waals surface area contributed by atoms with Crippen LogP contribution in [0.15, 0.2) is 48.0 Å².